The van der Waals surface area contributed by atoms with Crippen molar-refractivity contribution in [3.63, 3.8) is 0 Å². The molecule has 1 heterocycles. The average molecular weight is 300 g/mol. The Morgan fingerprint density at radius 2 is 2.00 bits per heavy atom. The highest BCUT2D eigenvalue weighted by Crippen LogP contribution is 2.19. The number of aromatic nitrogens is 2. The summed E-state index contributed by atoms with van der Waals surface area (Å²) in [5.41, 5.74) is -0.000537. The SMILES string of the molecule is COc1cccc(C(=O)c2cnc(C(C)C)nc2C(=O)O)c1. The molecule has 0 unspecified atom stereocenters. The minimum absolute atomic E-state index is 0.0286. The standard InChI is InChI=1S/C16H16N2O4/c1-9(2)15-17-8-12(13(18-15)16(20)21)14(19)10-5-4-6-11(7-10)22-3/h4-9H,1-3H3,(H,20,21). The van der Waals surface area contributed by atoms with E-state index in [1.165, 1.54) is 13.3 Å². The maximum atomic E-state index is 12.5. The molecule has 0 saturated heterocycles. The van der Waals surface area contributed by atoms with Crippen molar-refractivity contribution >= 4 is 11.8 Å². The summed E-state index contributed by atoms with van der Waals surface area (Å²) in [4.78, 5) is 32.0. The minimum Gasteiger partial charge on any atom is -0.497 e. The van der Waals surface area contributed by atoms with Crippen molar-refractivity contribution in [1.82, 2.24) is 9.97 Å². The number of hydrogen-bond acceptors (Lipinski definition) is 5. The second kappa shape index (κ2) is 6.34. The maximum Gasteiger partial charge on any atom is 0.355 e. The summed E-state index contributed by atoms with van der Waals surface area (Å²) in [6, 6.07) is 6.50. The monoisotopic (exact) mass is 300 g/mol. The molecule has 1 aromatic carbocycles. The fourth-order valence-corrected chi connectivity index (χ4v) is 1.92. The largest absolute Gasteiger partial charge is 0.497 e. The number of ether oxygens (including phenoxy) is 1. The Bertz CT molecular complexity index is 726. The first-order valence-electron chi connectivity index (χ1n) is 6.73. The molecule has 0 bridgehead atoms. The molecule has 0 aliphatic carbocycles. The van der Waals surface area contributed by atoms with Gasteiger partial charge in [0.1, 0.15) is 11.6 Å². The van der Waals surface area contributed by atoms with Gasteiger partial charge in [-0.25, -0.2) is 14.8 Å². The van der Waals surface area contributed by atoms with Gasteiger partial charge < -0.3 is 9.84 Å². The first kappa shape index (κ1) is 15.6. The van der Waals surface area contributed by atoms with Gasteiger partial charge in [-0.1, -0.05) is 26.0 Å². The Morgan fingerprint density at radius 3 is 2.59 bits per heavy atom. The van der Waals surface area contributed by atoms with Gasteiger partial charge in [0, 0.05) is 17.7 Å². The van der Waals surface area contributed by atoms with E-state index in [0.717, 1.165) is 0 Å². The normalized spacial score (nSPS) is 10.5. The van der Waals surface area contributed by atoms with Crippen LogP contribution in [0.25, 0.3) is 0 Å². The molecule has 2 aromatic rings. The molecular formula is C16H16N2O4. The van der Waals surface area contributed by atoms with Crippen LogP contribution in [-0.2, 0) is 0 Å². The third-order valence-electron chi connectivity index (χ3n) is 3.10. The van der Waals surface area contributed by atoms with Crippen LogP contribution in [-0.4, -0.2) is 33.9 Å². The zero-order valence-electron chi connectivity index (χ0n) is 12.5. The molecule has 0 fully saturated rings. The smallest absolute Gasteiger partial charge is 0.355 e. The Hall–Kier alpha value is -2.76. The molecule has 0 aliphatic rings. The van der Waals surface area contributed by atoms with E-state index >= 15 is 0 Å². The zero-order valence-corrected chi connectivity index (χ0v) is 12.5. The lowest BCUT2D eigenvalue weighted by Gasteiger charge is -2.09. The number of ketones is 1. The number of methoxy groups -OCH3 is 1. The van der Waals surface area contributed by atoms with E-state index in [0.29, 0.717) is 17.1 Å². The molecular weight excluding hydrogens is 284 g/mol. The van der Waals surface area contributed by atoms with Gasteiger partial charge >= 0.3 is 5.97 Å². The lowest BCUT2D eigenvalue weighted by Crippen LogP contribution is -2.15. The lowest BCUT2D eigenvalue weighted by atomic mass is 10.0. The van der Waals surface area contributed by atoms with Gasteiger partial charge in [-0.05, 0) is 12.1 Å². The number of carboxylic acids is 1. The van der Waals surface area contributed by atoms with Gasteiger partial charge in [0.25, 0.3) is 0 Å². The first-order valence-corrected chi connectivity index (χ1v) is 6.73. The lowest BCUT2D eigenvalue weighted by molar-refractivity contribution is 0.0685. The van der Waals surface area contributed by atoms with Crippen LogP contribution in [0.1, 0.15) is 52.0 Å². The topological polar surface area (TPSA) is 89.4 Å². The molecule has 1 N–H and O–H groups in total. The zero-order chi connectivity index (χ0) is 16.3. The van der Waals surface area contributed by atoms with E-state index in [-0.39, 0.29) is 17.2 Å². The van der Waals surface area contributed by atoms with Crippen molar-refractivity contribution in [3.05, 3.63) is 53.1 Å². The molecule has 6 nitrogen and oxygen atoms in total. The van der Waals surface area contributed by atoms with Gasteiger partial charge in [-0.3, -0.25) is 4.79 Å². The van der Waals surface area contributed by atoms with Crippen molar-refractivity contribution in [2.75, 3.05) is 7.11 Å². The first-order chi connectivity index (χ1) is 10.4. The number of rotatable bonds is 5. The van der Waals surface area contributed by atoms with E-state index in [1.807, 2.05) is 13.8 Å². The van der Waals surface area contributed by atoms with Gasteiger partial charge in [-0.15, -0.1) is 0 Å². The van der Waals surface area contributed by atoms with E-state index in [1.54, 1.807) is 24.3 Å². The summed E-state index contributed by atoms with van der Waals surface area (Å²) in [6.07, 6.45) is 1.27. The highest BCUT2D eigenvalue weighted by molar-refractivity contribution is 6.13. The van der Waals surface area contributed by atoms with Crippen LogP contribution >= 0.6 is 0 Å². The van der Waals surface area contributed by atoms with Crippen molar-refractivity contribution < 1.29 is 19.4 Å². The van der Waals surface area contributed by atoms with Crippen molar-refractivity contribution in [2.24, 2.45) is 0 Å². The summed E-state index contributed by atoms with van der Waals surface area (Å²) in [5.74, 6) is -0.830. The summed E-state index contributed by atoms with van der Waals surface area (Å²) < 4.78 is 5.07. The molecule has 22 heavy (non-hydrogen) atoms. The van der Waals surface area contributed by atoms with Crippen molar-refractivity contribution in [2.45, 2.75) is 19.8 Å². The molecule has 0 amide bonds. The molecule has 0 saturated carbocycles. The Balaban J connectivity index is 2.50. The van der Waals surface area contributed by atoms with Gasteiger partial charge in [0.2, 0.25) is 0 Å². The van der Waals surface area contributed by atoms with E-state index in [4.69, 9.17) is 4.74 Å². The molecule has 1 aromatic heterocycles. The molecule has 0 aliphatic heterocycles. The summed E-state index contributed by atoms with van der Waals surface area (Å²) in [5, 5.41) is 9.30. The molecule has 114 valence electrons. The third-order valence-corrected chi connectivity index (χ3v) is 3.10. The van der Waals surface area contributed by atoms with Crippen LogP contribution in [0.2, 0.25) is 0 Å². The highest BCUT2D eigenvalue weighted by Gasteiger charge is 2.22. The number of carbonyl (C=O) groups excluding carboxylic acids is 1. The molecule has 2 rings (SSSR count). The predicted octanol–water partition coefficient (Wildman–Crippen LogP) is 2.54. The fourth-order valence-electron chi connectivity index (χ4n) is 1.92. The summed E-state index contributed by atoms with van der Waals surface area (Å²) in [7, 11) is 1.49. The van der Waals surface area contributed by atoms with Crippen LogP contribution in [0.4, 0.5) is 0 Å². The molecule has 6 heteroatoms. The van der Waals surface area contributed by atoms with Crippen LogP contribution in [0, 0.1) is 0 Å². The van der Waals surface area contributed by atoms with Crippen molar-refractivity contribution in [1.29, 1.82) is 0 Å². The number of aromatic carboxylic acids is 1. The van der Waals surface area contributed by atoms with Gasteiger partial charge in [0.05, 0.1) is 12.7 Å². The Morgan fingerprint density at radius 1 is 1.27 bits per heavy atom. The fraction of sp³-hybridized carbons (Fsp3) is 0.250. The van der Waals surface area contributed by atoms with Gasteiger partial charge in [-0.2, -0.15) is 0 Å². The quantitative estimate of drug-likeness (QED) is 0.853. The average Bonchev–Trinajstić information content (AvgIpc) is 2.53. The van der Waals surface area contributed by atoms with Gasteiger partial charge in [0.15, 0.2) is 11.5 Å². The highest BCUT2D eigenvalue weighted by atomic mass is 16.5. The van der Waals surface area contributed by atoms with Crippen LogP contribution < -0.4 is 4.74 Å². The third kappa shape index (κ3) is 3.11. The number of benzene rings is 1. The van der Waals surface area contributed by atoms with E-state index in [2.05, 4.69) is 9.97 Å². The Labute approximate surface area is 127 Å². The van der Waals surface area contributed by atoms with Crippen LogP contribution in [0.5, 0.6) is 5.75 Å². The molecule has 0 radical (unpaired) electrons. The molecule has 0 spiro atoms. The molecule has 0 atom stereocenters. The number of carbonyl (C=O) groups is 2. The number of carboxylic acid groups (broad SMARTS) is 1. The number of nitrogens with zero attached hydrogens (tertiary/aromatic N) is 2. The summed E-state index contributed by atoms with van der Waals surface area (Å²) >= 11 is 0. The predicted molar refractivity (Wildman–Crippen MR) is 79.5 cm³/mol. The summed E-state index contributed by atoms with van der Waals surface area (Å²) in [6.45, 7) is 3.70. The van der Waals surface area contributed by atoms with Crippen molar-refractivity contribution in [3.8, 4) is 5.75 Å². The number of hydrogen-bond donors (Lipinski definition) is 1. The van der Waals surface area contributed by atoms with Crippen LogP contribution in [0.3, 0.4) is 0 Å². The second-order valence-electron chi connectivity index (χ2n) is 5.01. The Kier molecular flexibility index (Phi) is 4.50. The van der Waals surface area contributed by atoms with Crippen LogP contribution in [0.15, 0.2) is 30.5 Å². The maximum absolute atomic E-state index is 12.5. The van der Waals surface area contributed by atoms with E-state index in [9.17, 15) is 14.7 Å². The second-order valence-corrected chi connectivity index (χ2v) is 5.01. The minimum atomic E-state index is -1.25. The van der Waals surface area contributed by atoms with E-state index < -0.39 is 11.8 Å².